The molecule has 5 saturated carbocycles. The first-order valence-electron chi connectivity index (χ1n) is 18.7. The Morgan fingerprint density at radius 3 is 1.92 bits per heavy atom. The number of fused-ring (bicyclic) bond motifs is 1. The third-order valence-electron chi connectivity index (χ3n) is 12.8. The molecular weight excluding hydrogens is 612 g/mol. The second kappa shape index (κ2) is 13.2. The van der Waals surface area contributed by atoms with Gasteiger partial charge in [-0.3, -0.25) is 19.2 Å². The van der Waals surface area contributed by atoms with Crippen LogP contribution in [0.3, 0.4) is 0 Å². The highest BCUT2D eigenvalue weighted by Gasteiger charge is 2.59. The first kappa shape index (κ1) is 37.1. The fourth-order valence-electron chi connectivity index (χ4n) is 10.3. The number of carbonyl (C=O) groups is 4. The molecule has 1 saturated heterocycles. The summed E-state index contributed by atoms with van der Waals surface area (Å²) >= 11 is 0. The molecule has 6 fully saturated rings. The number of ether oxygens (including phenoxy) is 5. The van der Waals surface area contributed by atoms with Crippen LogP contribution in [0.1, 0.15) is 133 Å². The van der Waals surface area contributed by atoms with Crippen molar-refractivity contribution in [1.29, 1.82) is 0 Å². The molecule has 9 nitrogen and oxygen atoms in total. The van der Waals surface area contributed by atoms with E-state index in [2.05, 4.69) is 6.92 Å². The fourth-order valence-corrected chi connectivity index (χ4v) is 10.3. The normalized spacial score (nSPS) is 36.8. The standard InChI is InChI=1S/C39H62O9/c1-11-37(8,33(42)47-35(3,4)5)22-38(9,34(43)48-39(10)26-14-23-13-24(16-26)17-27(39)15-23)21-36(6,7)32(41)46-30-19-28-25(20-45-31(28)40)18-29(30)44-12-2/h23-30H,11-22H2,1-10H3. The molecule has 0 aromatic rings. The first-order chi connectivity index (χ1) is 22.2. The van der Waals surface area contributed by atoms with E-state index in [0.29, 0.717) is 44.3 Å². The van der Waals surface area contributed by atoms with E-state index in [1.165, 1.54) is 6.42 Å². The number of carbonyl (C=O) groups excluding carboxylic acids is 4. The Morgan fingerprint density at radius 2 is 1.38 bits per heavy atom. The van der Waals surface area contributed by atoms with E-state index >= 15 is 0 Å². The van der Waals surface area contributed by atoms with Crippen LogP contribution >= 0.6 is 0 Å². The summed E-state index contributed by atoms with van der Waals surface area (Å²) in [5, 5.41) is 0. The minimum absolute atomic E-state index is 0.0567. The maximum absolute atomic E-state index is 14.8. The molecule has 48 heavy (non-hydrogen) atoms. The van der Waals surface area contributed by atoms with Gasteiger partial charge in [-0.2, -0.15) is 0 Å². The highest BCUT2D eigenvalue weighted by Crippen LogP contribution is 2.60. The maximum atomic E-state index is 14.8. The molecule has 6 atom stereocenters. The van der Waals surface area contributed by atoms with Gasteiger partial charge in [-0.1, -0.05) is 6.92 Å². The van der Waals surface area contributed by atoms with Gasteiger partial charge in [-0.05, 0) is 144 Å². The number of hydrogen-bond donors (Lipinski definition) is 0. The van der Waals surface area contributed by atoms with E-state index in [1.54, 1.807) is 13.8 Å². The zero-order valence-corrected chi connectivity index (χ0v) is 31.3. The second-order valence-electron chi connectivity index (χ2n) is 18.5. The minimum atomic E-state index is -1.20. The van der Waals surface area contributed by atoms with Crippen LogP contribution in [0.4, 0.5) is 0 Å². The molecule has 6 rings (SSSR count). The Morgan fingerprint density at radius 1 is 0.771 bits per heavy atom. The van der Waals surface area contributed by atoms with E-state index in [9.17, 15) is 19.2 Å². The van der Waals surface area contributed by atoms with E-state index in [-0.39, 0.29) is 48.7 Å². The lowest BCUT2D eigenvalue weighted by Crippen LogP contribution is -2.59. The molecule has 0 N–H and O–H groups in total. The van der Waals surface area contributed by atoms with Crippen LogP contribution in [0.5, 0.6) is 0 Å². The van der Waals surface area contributed by atoms with Crippen LogP contribution < -0.4 is 0 Å². The summed E-state index contributed by atoms with van der Waals surface area (Å²) < 4.78 is 30.2. The van der Waals surface area contributed by atoms with Crippen LogP contribution in [0.25, 0.3) is 0 Å². The van der Waals surface area contributed by atoms with Crippen molar-refractivity contribution in [1.82, 2.24) is 0 Å². The van der Waals surface area contributed by atoms with Crippen LogP contribution in [-0.2, 0) is 42.9 Å². The summed E-state index contributed by atoms with van der Waals surface area (Å²) in [5.74, 6) is 0.410. The van der Waals surface area contributed by atoms with Gasteiger partial charge in [0.25, 0.3) is 0 Å². The van der Waals surface area contributed by atoms with Gasteiger partial charge < -0.3 is 23.7 Å². The van der Waals surface area contributed by atoms with Crippen LogP contribution in [0, 0.1) is 51.8 Å². The average Bonchev–Trinajstić information content (AvgIpc) is 3.33. The van der Waals surface area contributed by atoms with Gasteiger partial charge >= 0.3 is 23.9 Å². The third kappa shape index (κ3) is 7.32. The van der Waals surface area contributed by atoms with E-state index < -0.39 is 39.5 Å². The highest BCUT2D eigenvalue weighted by molar-refractivity contribution is 5.83. The van der Waals surface area contributed by atoms with E-state index in [0.717, 1.165) is 37.5 Å². The zero-order chi connectivity index (χ0) is 35.4. The summed E-state index contributed by atoms with van der Waals surface area (Å²) in [6.07, 6.45) is 6.39. The predicted molar refractivity (Wildman–Crippen MR) is 179 cm³/mol. The molecule has 9 heteroatoms. The lowest BCUT2D eigenvalue weighted by molar-refractivity contribution is -0.215. The molecule has 6 aliphatic rings. The molecule has 0 amide bonds. The molecule has 0 radical (unpaired) electrons. The predicted octanol–water partition coefficient (Wildman–Crippen LogP) is 7.22. The molecule has 0 aromatic heterocycles. The summed E-state index contributed by atoms with van der Waals surface area (Å²) in [6.45, 7) is 19.6. The van der Waals surface area contributed by atoms with Gasteiger partial charge in [0.2, 0.25) is 0 Å². The van der Waals surface area contributed by atoms with Crippen molar-refractivity contribution in [2.24, 2.45) is 51.8 Å². The van der Waals surface area contributed by atoms with Crippen molar-refractivity contribution in [2.75, 3.05) is 13.2 Å². The lowest BCUT2D eigenvalue weighted by atomic mass is 9.50. The zero-order valence-electron chi connectivity index (χ0n) is 31.3. The Kier molecular flexibility index (Phi) is 10.2. The van der Waals surface area contributed by atoms with Gasteiger partial charge in [0.05, 0.1) is 34.9 Å². The molecule has 6 unspecified atom stereocenters. The highest BCUT2D eigenvalue weighted by atomic mass is 16.6. The topological polar surface area (TPSA) is 114 Å². The van der Waals surface area contributed by atoms with Gasteiger partial charge in [-0.15, -0.1) is 0 Å². The summed E-state index contributed by atoms with van der Waals surface area (Å²) in [6, 6.07) is 0. The smallest absolute Gasteiger partial charge is 0.312 e. The number of esters is 4. The van der Waals surface area contributed by atoms with Gasteiger partial charge in [0.1, 0.15) is 17.3 Å². The summed E-state index contributed by atoms with van der Waals surface area (Å²) in [7, 11) is 0. The molecule has 1 heterocycles. The van der Waals surface area contributed by atoms with E-state index in [4.69, 9.17) is 23.7 Å². The molecular formula is C39H62O9. The Balaban J connectivity index is 1.40. The molecule has 4 bridgehead atoms. The lowest BCUT2D eigenvalue weighted by Gasteiger charge is -2.59. The monoisotopic (exact) mass is 674 g/mol. The van der Waals surface area contributed by atoms with Crippen LogP contribution in [0.2, 0.25) is 0 Å². The van der Waals surface area contributed by atoms with Crippen molar-refractivity contribution in [3.8, 4) is 0 Å². The first-order valence-corrected chi connectivity index (χ1v) is 18.7. The molecule has 0 aromatic carbocycles. The average molecular weight is 675 g/mol. The maximum Gasteiger partial charge on any atom is 0.312 e. The van der Waals surface area contributed by atoms with Crippen molar-refractivity contribution in [3.63, 3.8) is 0 Å². The van der Waals surface area contributed by atoms with Crippen molar-refractivity contribution in [3.05, 3.63) is 0 Å². The summed E-state index contributed by atoms with van der Waals surface area (Å²) in [4.78, 5) is 55.1. The number of cyclic esters (lactones) is 1. The number of hydrogen-bond acceptors (Lipinski definition) is 9. The molecule has 1 aliphatic heterocycles. The Hall–Kier alpha value is -2.16. The minimum Gasteiger partial charge on any atom is -0.465 e. The van der Waals surface area contributed by atoms with E-state index in [1.807, 2.05) is 48.5 Å². The Bertz CT molecular complexity index is 1220. The molecule has 5 aliphatic carbocycles. The SMILES string of the molecule is CCOC1CC2COC(=O)C2CC1OC(=O)C(C)(C)CC(C)(CC(C)(CC)C(=O)OC(C)(C)C)C(=O)OC1(C)C2CC3CC(C2)CC1C3. The quantitative estimate of drug-likeness (QED) is 0.156. The van der Waals surface area contributed by atoms with Crippen LogP contribution in [0.15, 0.2) is 0 Å². The second-order valence-corrected chi connectivity index (χ2v) is 18.5. The van der Waals surface area contributed by atoms with Crippen molar-refractivity contribution >= 4 is 23.9 Å². The fraction of sp³-hybridized carbons (Fsp3) is 0.897. The van der Waals surface area contributed by atoms with Crippen LogP contribution in [-0.4, -0.2) is 60.5 Å². The third-order valence-corrected chi connectivity index (χ3v) is 12.8. The Labute approximate surface area is 288 Å². The van der Waals surface area contributed by atoms with Gasteiger partial charge in [0.15, 0.2) is 0 Å². The number of rotatable bonds is 12. The van der Waals surface area contributed by atoms with Gasteiger partial charge in [0, 0.05) is 18.9 Å². The van der Waals surface area contributed by atoms with Crippen molar-refractivity contribution < 1.29 is 42.9 Å². The van der Waals surface area contributed by atoms with Crippen molar-refractivity contribution in [2.45, 2.75) is 157 Å². The van der Waals surface area contributed by atoms with Gasteiger partial charge in [-0.25, -0.2) is 0 Å². The molecule has 272 valence electrons. The molecule has 0 spiro atoms. The largest absolute Gasteiger partial charge is 0.465 e. The summed E-state index contributed by atoms with van der Waals surface area (Å²) in [5.41, 5.74) is -4.57.